The standard InChI is InChI=1S/C20H28FN3O5S/c21-15-8-10-17(11-9-15)30(27,28)24-12-5-13-29-18(24)14-22-19(25)20(26)23-16-6-3-1-2-4-7-16/h8-11,16,18H,1-7,12-14H2,(H,22,25)(H,23,26)/t18-/m1/s1. The second-order valence-electron chi connectivity index (χ2n) is 7.62. The van der Waals surface area contributed by atoms with Crippen molar-refractivity contribution < 1.29 is 27.1 Å². The van der Waals surface area contributed by atoms with Crippen LogP contribution in [0.1, 0.15) is 44.9 Å². The van der Waals surface area contributed by atoms with Gasteiger partial charge in [0.25, 0.3) is 0 Å². The second kappa shape index (κ2) is 10.3. The zero-order chi connectivity index (χ0) is 21.6. The molecule has 1 saturated carbocycles. The summed E-state index contributed by atoms with van der Waals surface area (Å²) in [6.45, 7) is 0.385. The van der Waals surface area contributed by atoms with Crippen LogP contribution in [-0.2, 0) is 24.3 Å². The van der Waals surface area contributed by atoms with E-state index in [0.29, 0.717) is 13.0 Å². The Morgan fingerprint density at radius 3 is 2.37 bits per heavy atom. The molecule has 166 valence electrons. The van der Waals surface area contributed by atoms with E-state index in [9.17, 15) is 22.4 Å². The van der Waals surface area contributed by atoms with Gasteiger partial charge in [-0.25, -0.2) is 12.8 Å². The van der Waals surface area contributed by atoms with Crippen molar-refractivity contribution in [1.82, 2.24) is 14.9 Å². The van der Waals surface area contributed by atoms with Gasteiger partial charge in [0, 0.05) is 12.6 Å². The summed E-state index contributed by atoms with van der Waals surface area (Å²) in [5.41, 5.74) is 0. The van der Waals surface area contributed by atoms with Gasteiger partial charge in [0.1, 0.15) is 12.0 Å². The summed E-state index contributed by atoms with van der Waals surface area (Å²) in [5, 5.41) is 5.24. The molecule has 0 spiro atoms. The van der Waals surface area contributed by atoms with E-state index < -0.39 is 33.9 Å². The smallest absolute Gasteiger partial charge is 0.309 e. The van der Waals surface area contributed by atoms with Gasteiger partial charge in [-0.3, -0.25) is 9.59 Å². The van der Waals surface area contributed by atoms with Crippen LogP contribution >= 0.6 is 0 Å². The molecular weight excluding hydrogens is 413 g/mol. The lowest BCUT2D eigenvalue weighted by Gasteiger charge is -2.34. The molecule has 0 unspecified atom stereocenters. The Labute approximate surface area is 176 Å². The molecule has 10 heteroatoms. The Morgan fingerprint density at radius 2 is 1.70 bits per heavy atom. The molecule has 1 aliphatic carbocycles. The van der Waals surface area contributed by atoms with Crippen LogP contribution in [-0.4, -0.2) is 56.5 Å². The number of nitrogens with zero attached hydrogens (tertiary/aromatic N) is 1. The van der Waals surface area contributed by atoms with Crippen molar-refractivity contribution in [1.29, 1.82) is 0 Å². The van der Waals surface area contributed by atoms with Crippen LogP contribution in [0.4, 0.5) is 4.39 Å². The minimum Gasteiger partial charge on any atom is -0.360 e. The molecule has 0 radical (unpaired) electrons. The highest BCUT2D eigenvalue weighted by Crippen LogP contribution is 2.22. The molecule has 8 nitrogen and oxygen atoms in total. The quantitative estimate of drug-likeness (QED) is 0.533. The SMILES string of the molecule is O=C(NC[C@H]1OCCCN1S(=O)(=O)c1ccc(F)cc1)C(=O)NC1CCCCCC1. The van der Waals surface area contributed by atoms with Gasteiger partial charge in [-0.1, -0.05) is 25.7 Å². The van der Waals surface area contributed by atoms with Crippen LogP contribution in [0.15, 0.2) is 29.2 Å². The van der Waals surface area contributed by atoms with E-state index in [4.69, 9.17) is 4.74 Å². The summed E-state index contributed by atoms with van der Waals surface area (Å²) in [6, 6.07) is 4.52. The molecule has 1 heterocycles. The Morgan fingerprint density at radius 1 is 1.03 bits per heavy atom. The van der Waals surface area contributed by atoms with Crippen molar-refractivity contribution in [3.8, 4) is 0 Å². The summed E-state index contributed by atoms with van der Waals surface area (Å²) in [5.74, 6) is -2.06. The normalized spacial score (nSPS) is 21.6. The lowest BCUT2D eigenvalue weighted by molar-refractivity contribution is -0.140. The summed E-state index contributed by atoms with van der Waals surface area (Å²) < 4.78 is 45.7. The average Bonchev–Trinajstić information content (AvgIpc) is 3.01. The van der Waals surface area contributed by atoms with E-state index in [0.717, 1.165) is 55.0 Å². The third-order valence-electron chi connectivity index (χ3n) is 5.41. The van der Waals surface area contributed by atoms with Gasteiger partial charge in [-0.2, -0.15) is 4.31 Å². The van der Waals surface area contributed by atoms with Gasteiger partial charge in [-0.15, -0.1) is 0 Å². The third-order valence-corrected chi connectivity index (χ3v) is 7.31. The molecule has 2 aliphatic rings. The van der Waals surface area contributed by atoms with E-state index in [1.54, 1.807) is 0 Å². The molecule has 1 saturated heterocycles. The minimum absolute atomic E-state index is 0.00738. The zero-order valence-corrected chi connectivity index (χ0v) is 17.6. The second-order valence-corrected chi connectivity index (χ2v) is 9.51. The fourth-order valence-corrected chi connectivity index (χ4v) is 5.34. The molecule has 30 heavy (non-hydrogen) atoms. The van der Waals surface area contributed by atoms with Crippen LogP contribution in [0.3, 0.4) is 0 Å². The average molecular weight is 442 g/mol. The van der Waals surface area contributed by atoms with Crippen LogP contribution in [0.25, 0.3) is 0 Å². The third kappa shape index (κ3) is 5.77. The summed E-state index contributed by atoms with van der Waals surface area (Å²) in [7, 11) is -3.93. The number of carbonyl (C=O) groups excluding carboxylic acids is 2. The predicted octanol–water partition coefficient (Wildman–Crippen LogP) is 1.52. The largest absolute Gasteiger partial charge is 0.360 e. The minimum atomic E-state index is -3.93. The lowest BCUT2D eigenvalue weighted by Crippen LogP contribution is -2.53. The molecule has 1 aromatic rings. The Kier molecular flexibility index (Phi) is 7.79. The number of hydrogen-bond acceptors (Lipinski definition) is 5. The Balaban J connectivity index is 1.59. The van der Waals surface area contributed by atoms with Gasteiger partial charge < -0.3 is 15.4 Å². The van der Waals surface area contributed by atoms with E-state index in [-0.39, 0.29) is 24.0 Å². The van der Waals surface area contributed by atoms with E-state index in [1.807, 2.05) is 0 Å². The first kappa shape index (κ1) is 22.6. The first-order valence-electron chi connectivity index (χ1n) is 10.4. The first-order valence-corrected chi connectivity index (χ1v) is 11.8. The molecule has 2 amide bonds. The highest BCUT2D eigenvalue weighted by molar-refractivity contribution is 7.89. The molecule has 1 atom stereocenters. The molecule has 2 N–H and O–H groups in total. The van der Waals surface area contributed by atoms with Gasteiger partial charge in [0.05, 0.1) is 18.0 Å². The molecule has 3 rings (SSSR count). The van der Waals surface area contributed by atoms with E-state index in [2.05, 4.69) is 10.6 Å². The number of benzene rings is 1. The Bertz CT molecular complexity index is 839. The molecule has 0 bridgehead atoms. The molecule has 1 aliphatic heterocycles. The van der Waals surface area contributed by atoms with Gasteiger partial charge in [0.2, 0.25) is 10.0 Å². The number of carbonyl (C=O) groups is 2. The van der Waals surface area contributed by atoms with Crippen LogP contribution < -0.4 is 10.6 Å². The van der Waals surface area contributed by atoms with Crippen molar-refractivity contribution in [2.45, 2.75) is 62.1 Å². The summed E-state index contributed by atoms with van der Waals surface area (Å²) >= 11 is 0. The highest BCUT2D eigenvalue weighted by atomic mass is 32.2. The van der Waals surface area contributed by atoms with Crippen molar-refractivity contribution in [3.63, 3.8) is 0 Å². The number of sulfonamides is 1. The maximum atomic E-state index is 13.2. The van der Waals surface area contributed by atoms with Crippen LogP contribution in [0.2, 0.25) is 0 Å². The van der Waals surface area contributed by atoms with E-state index in [1.165, 1.54) is 12.1 Å². The highest BCUT2D eigenvalue weighted by Gasteiger charge is 2.35. The molecule has 1 aromatic carbocycles. The number of halogens is 1. The number of rotatable bonds is 5. The topological polar surface area (TPSA) is 105 Å². The van der Waals surface area contributed by atoms with Crippen LogP contribution in [0, 0.1) is 5.82 Å². The lowest BCUT2D eigenvalue weighted by atomic mass is 10.1. The Hall–Kier alpha value is -2.04. The maximum absolute atomic E-state index is 13.2. The van der Waals surface area contributed by atoms with Crippen molar-refractivity contribution in [3.05, 3.63) is 30.1 Å². The molecular formula is C20H28FN3O5S. The van der Waals surface area contributed by atoms with Gasteiger partial charge in [0.15, 0.2) is 0 Å². The van der Waals surface area contributed by atoms with Crippen LogP contribution in [0.5, 0.6) is 0 Å². The van der Waals surface area contributed by atoms with Crippen molar-refractivity contribution in [2.75, 3.05) is 19.7 Å². The molecule has 2 fully saturated rings. The number of amides is 2. The van der Waals surface area contributed by atoms with Gasteiger partial charge >= 0.3 is 11.8 Å². The number of ether oxygens (including phenoxy) is 1. The number of nitrogens with one attached hydrogen (secondary N) is 2. The van der Waals surface area contributed by atoms with Crippen molar-refractivity contribution in [2.24, 2.45) is 0 Å². The predicted molar refractivity (Wildman–Crippen MR) is 107 cm³/mol. The number of hydrogen-bond donors (Lipinski definition) is 2. The fourth-order valence-electron chi connectivity index (χ4n) is 3.78. The molecule has 0 aromatic heterocycles. The van der Waals surface area contributed by atoms with Crippen molar-refractivity contribution >= 4 is 21.8 Å². The zero-order valence-electron chi connectivity index (χ0n) is 16.8. The fraction of sp³-hybridized carbons (Fsp3) is 0.600. The maximum Gasteiger partial charge on any atom is 0.309 e. The summed E-state index contributed by atoms with van der Waals surface area (Å²) in [6.07, 6.45) is 5.59. The summed E-state index contributed by atoms with van der Waals surface area (Å²) in [4.78, 5) is 24.4. The van der Waals surface area contributed by atoms with E-state index >= 15 is 0 Å². The first-order chi connectivity index (χ1) is 14.4. The monoisotopic (exact) mass is 441 g/mol. The van der Waals surface area contributed by atoms with Gasteiger partial charge in [-0.05, 0) is 43.5 Å².